The van der Waals surface area contributed by atoms with Crippen molar-refractivity contribution in [1.29, 1.82) is 0 Å². The Kier molecular flexibility index (Phi) is 16.2. The summed E-state index contributed by atoms with van der Waals surface area (Å²) in [5.74, 6) is 0. The van der Waals surface area contributed by atoms with Gasteiger partial charge in [0.15, 0.2) is 0 Å². The van der Waals surface area contributed by atoms with E-state index in [4.69, 9.17) is 22.1 Å². The molecular formula is C48H68N4Ni-4. The Hall–Kier alpha value is -3.43. The van der Waals surface area contributed by atoms with Crippen LogP contribution in [-0.4, -0.2) is 0 Å². The van der Waals surface area contributed by atoms with E-state index in [0.717, 1.165) is 59.6 Å². The number of aryl methyl sites for hydroxylation is 2. The third kappa shape index (κ3) is 12.8. The van der Waals surface area contributed by atoms with Crippen molar-refractivity contribution in [3.05, 3.63) is 128 Å². The van der Waals surface area contributed by atoms with Gasteiger partial charge in [-0.2, -0.15) is 22.7 Å². The summed E-state index contributed by atoms with van der Waals surface area (Å²) in [6.45, 7) is 30.8. The van der Waals surface area contributed by atoms with Gasteiger partial charge >= 0.3 is 0 Å². The van der Waals surface area contributed by atoms with E-state index in [0.29, 0.717) is 11.4 Å². The molecule has 0 bridgehead atoms. The van der Waals surface area contributed by atoms with Crippen LogP contribution in [0.5, 0.6) is 0 Å². The Labute approximate surface area is 334 Å². The van der Waals surface area contributed by atoms with E-state index >= 15 is 0 Å². The Balaban J connectivity index is 0.000000360. The third-order valence-electron chi connectivity index (χ3n) is 9.65. The first-order valence-corrected chi connectivity index (χ1v) is 19.5. The fourth-order valence-corrected chi connectivity index (χ4v) is 6.14. The standard InChI is InChI=1S/2C24H34N2.Ni/c2*1-8-9-12-17-13-10-11-14-20(17)26-21-16-18(23(2,3)4)15-19(22(21)25)24(5,6)7;/h2*10-11,13-16,25H,8-9,12H2,1-7H3;/q2*-2;. The molecule has 4 rings (SSSR count). The average Bonchev–Trinajstić information content (AvgIpc) is 3.04. The molecule has 0 aliphatic rings. The number of benzene rings is 4. The monoisotopic (exact) mass is 758 g/mol. The first-order valence-electron chi connectivity index (χ1n) is 19.5. The van der Waals surface area contributed by atoms with Crippen LogP contribution in [0.2, 0.25) is 0 Å². The molecular weight excluding hydrogens is 691 g/mol. The molecule has 0 heterocycles. The molecule has 0 amide bonds. The summed E-state index contributed by atoms with van der Waals surface area (Å²) in [5.41, 5.74) is 29.3. The number of para-hydroxylation sites is 2. The van der Waals surface area contributed by atoms with Crippen LogP contribution in [-0.2, 0) is 51.0 Å². The number of unbranched alkanes of at least 4 members (excludes halogenated alkanes) is 2. The van der Waals surface area contributed by atoms with Crippen molar-refractivity contribution in [3.8, 4) is 0 Å². The quantitative estimate of drug-likeness (QED) is 0.144. The van der Waals surface area contributed by atoms with Crippen molar-refractivity contribution < 1.29 is 16.5 Å². The maximum Gasteiger partial charge on any atom is 0 e. The molecule has 0 radical (unpaired) electrons. The zero-order valence-corrected chi connectivity index (χ0v) is 36.4. The topological polar surface area (TPSA) is 75.8 Å². The largest absolute Gasteiger partial charge is 0.699 e. The van der Waals surface area contributed by atoms with E-state index in [1.165, 1.54) is 35.1 Å². The molecule has 0 aromatic heterocycles. The van der Waals surface area contributed by atoms with Gasteiger partial charge in [0, 0.05) is 16.5 Å². The molecule has 2 N–H and O–H groups in total. The second-order valence-corrected chi connectivity index (χ2v) is 18.5. The molecule has 0 aliphatic carbocycles. The van der Waals surface area contributed by atoms with E-state index in [9.17, 15) is 0 Å². The minimum atomic E-state index is -0.0790. The predicted molar refractivity (Wildman–Crippen MR) is 231 cm³/mol. The number of hydrogen-bond donors (Lipinski definition) is 0. The van der Waals surface area contributed by atoms with Crippen molar-refractivity contribution in [2.75, 3.05) is 0 Å². The molecule has 0 aliphatic heterocycles. The van der Waals surface area contributed by atoms with Crippen LogP contribution in [0, 0.1) is 0 Å². The molecule has 0 fully saturated rings. The van der Waals surface area contributed by atoms with E-state index in [2.05, 4.69) is 158 Å². The molecule has 4 aromatic rings. The van der Waals surface area contributed by atoms with Crippen molar-refractivity contribution in [2.24, 2.45) is 0 Å². The van der Waals surface area contributed by atoms with Gasteiger partial charge in [-0.05, 0) is 58.5 Å². The van der Waals surface area contributed by atoms with Crippen LogP contribution in [0.4, 0.5) is 34.1 Å². The van der Waals surface area contributed by atoms with Crippen LogP contribution in [0.1, 0.15) is 156 Å². The number of nitrogens with zero attached hydrogens (tertiary/aromatic N) is 2. The van der Waals surface area contributed by atoms with Gasteiger partial charge in [0.2, 0.25) is 0 Å². The molecule has 294 valence electrons. The molecule has 0 saturated heterocycles. The normalized spacial score (nSPS) is 12.0. The summed E-state index contributed by atoms with van der Waals surface area (Å²) in [6, 6.07) is 25.3. The third-order valence-corrected chi connectivity index (χ3v) is 9.65. The molecule has 53 heavy (non-hydrogen) atoms. The van der Waals surface area contributed by atoms with Gasteiger partial charge in [-0.3, -0.25) is 0 Å². The van der Waals surface area contributed by atoms with Crippen molar-refractivity contribution in [1.82, 2.24) is 0 Å². The number of nitrogens with one attached hydrogen (secondary N) is 2. The van der Waals surface area contributed by atoms with Crippen molar-refractivity contribution in [3.63, 3.8) is 0 Å². The fourth-order valence-electron chi connectivity index (χ4n) is 6.14. The average molecular weight is 760 g/mol. The Morgan fingerprint density at radius 3 is 1.06 bits per heavy atom. The van der Waals surface area contributed by atoms with E-state index in [-0.39, 0.29) is 38.2 Å². The molecule has 0 spiro atoms. The van der Waals surface area contributed by atoms with Crippen LogP contribution >= 0.6 is 0 Å². The SMILES string of the molecule is CCCCc1ccccc1[N-]c1cc(C(C)(C)C)cc(C(C)(C)C)c1[NH-].CCCCc1ccccc1[N-]c1cc(C(C)(C)C)cc(C(C)(C)C)c1[NH-].[Ni]. The molecule has 0 unspecified atom stereocenters. The van der Waals surface area contributed by atoms with Crippen LogP contribution < -0.4 is 0 Å². The van der Waals surface area contributed by atoms with Gasteiger partial charge in [0.1, 0.15) is 0 Å². The minimum absolute atomic E-state index is 0. The van der Waals surface area contributed by atoms with Crippen LogP contribution in [0.15, 0.2) is 72.8 Å². The maximum absolute atomic E-state index is 8.77. The molecule has 4 nitrogen and oxygen atoms in total. The maximum atomic E-state index is 8.77. The van der Waals surface area contributed by atoms with Crippen LogP contribution in [0.25, 0.3) is 22.1 Å². The number of hydrogen-bond acceptors (Lipinski definition) is 0. The molecule has 4 aromatic carbocycles. The van der Waals surface area contributed by atoms with E-state index in [1.54, 1.807) is 0 Å². The summed E-state index contributed by atoms with van der Waals surface area (Å²) >= 11 is 0. The summed E-state index contributed by atoms with van der Waals surface area (Å²) in [7, 11) is 0. The summed E-state index contributed by atoms with van der Waals surface area (Å²) in [4.78, 5) is 0. The Bertz CT molecular complexity index is 1630. The second kappa shape index (κ2) is 18.7. The van der Waals surface area contributed by atoms with Gasteiger partial charge < -0.3 is 22.1 Å². The zero-order chi connectivity index (χ0) is 39.1. The van der Waals surface area contributed by atoms with Crippen molar-refractivity contribution in [2.45, 2.75) is 157 Å². The first-order chi connectivity index (χ1) is 24.1. The Morgan fingerprint density at radius 2 is 0.774 bits per heavy atom. The Morgan fingerprint density at radius 1 is 0.453 bits per heavy atom. The zero-order valence-electron chi connectivity index (χ0n) is 35.4. The van der Waals surface area contributed by atoms with Gasteiger partial charge in [-0.25, -0.2) is 0 Å². The van der Waals surface area contributed by atoms with Crippen molar-refractivity contribution >= 4 is 34.1 Å². The first kappa shape index (κ1) is 45.7. The fraction of sp³-hybridized carbons (Fsp3) is 0.500. The molecule has 0 saturated carbocycles. The van der Waals surface area contributed by atoms with Crippen LogP contribution in [0.3, 0.4) is 0 Å². The minimum Gasteiger partial charge on any atom is -0.699 e. The molecule has 0 atom stereocenters. The summed E-state index contributed by atoms with van der Waals surface area (Å²) < 4.78 is 0. The second-order valence-electron chi connectivity index (χ2n) is 18.5. The molecule has 5 heteroatoms. The summed E-state index contributed by atoms with van der Waals surface area (Å²) in [6.07, 6.45) is 6.74. The van der Waals surface area contributed by atoms with E-state index < -0.39 is 0 Å². The summed E-state index contributed by atoms with van der Waals surface area (Å²) in [5, 5.41) is 9.91. The van der Waals surface area contributed by atoms with Gasteiger partial charge in [-0.15, -0.1) is 11.4 Å². The van der Waals surface area contributed by atoms with E-state index in [1.807, 2.05) is 12.1 Å². The predicted octanol–water partition coefficient (Wildman–Crippen LogP) is 17.3. The van der Waals surface area contributed by atoms with Gasteiger partial charge in [-0.1, -0.05) is 205 Å². The smallest absolute Gasteiger partial charge is 0 e. The number of rotatable bonds is 10. The van der Waals surface area contributed by atoms with Gasteiger partial charge in [0.25, 0.3) is 0 Å². The van der Waals surface area contributed by atoms with Gasteiger partial charge in [0.05, 0.1) is 0 Å².